The van der Waals surface area contributed by atoms with Crippen LogP contribution in [-0.2, 0) is 9.53 Å². The van der Waals surface area contributed by atoms with E-state index in [4.69, 9.17) is 0 Å². The second-order valence-electron chi connectivity index (χ2n) is 4.52. The molecular weight excluding hydrogens is 168 g/mol. The first-order valence-electron chi connectivity index (χ1n) is 4.91. The maximum Gasteiger partial charge on any atom is 0.337 e. The summed E-state index contributed by atoms with van der Waals surface area (Å²) in [6, 6.07) is 0. The Hall–Kier alpha value is -0.570. The summed E-state index contributed by atoms with van der Waals surface area (Å²) in [7, 11) is 1.34. The van der Waals surface area contributed by atoms with Gasteiger partial charge < -0.3 is 9.84 Å². The molecule has 0 saturated heterocycles. The summed E-state index contributed by atoms with van der Waals surface area (Å²) in [4.78, 5) is 11.2. The second-order valence-corrected chi connectivity index (χ2v) is 4.52. The highest BCUT2D eigenvalue weighted by atomic mass is 16.5. The third-order valence-electron chi connectivity index (χ3n) is 3.66. The van der Waals surface area contributed by atoms with E-state index in [2.05, 4.69) is 4.74 Å². The summed E-state index contributed by atoms with van der Waals surface area (Å²) >= 11 is 0. The van der Waals surface area contributed by atoms with Crippen LogP contribution in [0.25, 0.3) is 0 Å². The van der Waals surface area contributed by atoms with Gasteiger partial charge in [-0.3, -0.25) is 0 Å². The van der Waals surface area contributed by atoms with Crippen LogP contribution < -0.4 is 0 Å². The van der Waals surface area contributed by atoms with Gasteiger partial charge >= 0.3 is 5.97 Å². The largest absolute Gasteiger partial charge is 0.467 e. The molecule has 0 aliphatic heterocycles. The average Bonchev–Trinajstić information content (AvgIpc) is 2.90. The minimum absolute atomic E-state index is 0.456. The number of methoxy groups -OCH3 is 1. The number of hydrogen-bond donors (Lipinski definition) is 1. The van der Waals surface area contributed by atoms with Gasteiger partial charge in [0.2, 0.25) is 0 Å². The third kappa shape index (κ3) is 1.46. The van der Waals surface area contributed by atoms with E-state index in [-0.39, 0.29) is 0 Å². The van der Waals surface area contributed by atoms with Crippen molar-refractivity contribution in [1.82, 2.24) is 0 Å². The molecule has 0 aromatic carbocycles. The van der Waals surface area contributed by atoms with Crippen LogP contribution in [0.3, 0.4) is 0 Å². The minimum atomic E-state index is -1.18. The van der Waals surface area contributed by atoms with Crippen molar-refractivity contribution >= 4 is 5.97 Å². The fourth-order valence-corrected chi connectivity index (χ4v) is 2.26. The summed E-state index contributed by atoms with van der Waals surface area (Å²) in [5.41, 5.74) is -0.678. The van der Waals surface area contributed by atoms with Gasteiger partial charge in [-0.1, -0.05) is 0 Å². The summed E-state index contributed by atoms with van der Waals surface area (Å²) in [5, 5.41) is 9.93. The maximum atomic E-state index is 11.2. The van der Waals surface area contributed by atoms with Gasteiger partial charge in [-0.15, -0.1) is 0 Å². The molecule has 74 valence electrons. The number of rotatable bonds is 1. The van der Waals surface area contributed by atoms with Crippen LogP contribution >= 0.6 is 0 Å². The second kappa shape index (κ2) is 2.71. The highest BCUT2D eigenvalue weighted by Crippen LogP contribution is 2.57. The van der Waals surface area contributed by atoms with Crippen molar-refractivity contribution in [2.24, 2.45) is 5.41 Å². The Morgan fingerprint density at radius 3 is 2.00 bits per heavy atom. The van der Waals surface area contributed by atoms with Gasteiger partial charge in [0.1, 0.15) is 0 Å². The van der Waals surface area contributed by atoms with Crippen molar-refractivity contribution in [3.8, 4) is 0 Å². The van der Waals surface area contributed by atoms with E-state index < -0.39 is 11.6 Å². The lowest BCUT2D eigenvalue weighted by molar-refractivity contribution is -0.167. The molecule has 0 bridgehead atoms. The molecule has 0 heterocycles. The number of hydrogen-bond acceptors (Lipinski definition) is 3. The van der Waals surface area contributed by atoms with Crippen molar-refractivity contribution in [3.05, 3.63) is 0 Å². The summed E-state index contributed by atoms with van der Waals surface area (Å²) in [6.07, 6.45) is 5.70. The van der Waals surface area contributed by atoms with Gasteiger partial charge in [0.05, 0.1) is 7.11 Å². The fourth-order valence-electron chi connectivity index (χ4n) is 2.26. The Labute approximate surface area is 78.1 Å². The van der Waals surface area contributed by atoms with Gasteiger partial charge in [-0.25, -0.2) is 4.79 Å². The molecule has 2 aliphatic carbocycles. The third-order valence-corrected chi connectivity index (χ3v) is 3.66. The molecule has 0 aromatic heterocycles. The smallest absolute Gasteiger partial charge is 0.337 e. The molecule has 13 heavy (non-hydrogen) atoms. The predicted octanol–water partition coefficient (Wildman–Crippen LogP) is 1.24. The number of aliphatic hydroxyl groups is 1. The quantitative estimate of drug-likeness (QED) is 0.624. The Morgan fingerprint density at radius 2 is 1.62 bits per heavy atom. The lowest BCUT2D eigenvalue weighted by Gasteiger charge is -2.33. The van der Waals surface area contributed by atoms with Crippen LogP contribution in [0.5, 0.6) is 0 Å². The van der Waals surface area contributed by atoms with Crippen molar-refractivity contribution in [1.29, 1.82) is 0 Å². The zero-order valence-electron chi connectivity index (χ0n) is 8.01. The van der Waals surface area contributed by atoms with Crippen molar-refractivity contribution < 1.29 is 14.6 Å². The molecular formula is C10H16O3. The van der Waals surface area contributed by atoms with E-state index in [9.17, 15) is 9.90 Å². The molecule has 0 aromatic rings. The molecule has 1 N–H and O–H groups in total. The van der Waals surface area contributed by atoms with Gasteiger partial charge in [0.15, 0.2) is 5.60 Å². The maximum absolute atomic E-state index is 11.2. The first kappa shape index (κ1) is 9.00. The monoisotopic (exact) mass is 184 g/mol. The molecule has 3 heteroatoms. The van der Waals surface area contributed by atoms with Crippen LogP contribution in [0.15, 0.2) is 0 Å². The van der Waals surface area contributed by atoms with Gasteiger partial charge in [-0.05, 0) is 43.9 Å². The van der Waals surface area contributed by atoms with E-state index in [0.717, 1.165) is 12.8 Å². The molecule has 2 rings (SSSR count). The van der Waals surface area contributed by atoms with Crippen molar-refractivity contribution in [2.45, 2.75) is 44.1 Å². The summed E-state index contributed by atoms with van der Waals surface area (Å²) in [5.74, 6) is -0.456. The van der Waals surface area contributed by atoms with Crippen LogP contribution in [0, 0.1) is 5.41 Å². The highest BCUT2D eigenvalue weighted by Gasteiger charge is 2.51. The van der Waals surface area contributed by atoms with E-state index in [1.165, 1.54) is 20.0 Å². The van der Waals surface area contributed by atoms with Crippen LogP contribution in [0.2, 0.25) is 0 Å². The Balaban J connectivity index is 1.98. The molecule has 1 spiro atoms. The normalized spacial score (nSPS) is 28.5. The molecule has 0 radical (unpaired) electrons. The first-order chi connectivity index (χ1) is 6.10. The van der Waals surface area contributed by atoms with Gasteiger partial charge in [0, 0.05) is 0 Å². The predicted molar refractivity (Wildman–Crippen MR) is 47.1 cm³/mol. The Kier molecular flexibility index (Phi) is 1.88. The lowest BCUT2D eigenvalue weighted by atomic mass is 9.77. The molecule has 0 unspecified atom stereocenters. The SMILES string of the molecule is COC(=O)C1(O)CCC2(CC2)CC1. The minimum Gasteiger partial charge on any atom is -0.467 e. The molecule has 2 aliphatic rings. The van der Waals surface area contributed by atoms with E-state index >= 15 is 0 Å². The van der Waals surface area contributed by atoms with E-state index in [1.54, 1.807) is 0 Å². The van der Waals surface area contributed by atoms with Crippen molar-refractivity contribution in [3.63, 3.8) is 0 Å². The van der Waals surface area contributed by atoms with Crippen LogP contribution in [-0.4, -0.2) is 23.8 Å². The highest BCUT2D eigenvalue weighted by molar-refractivity contribution is 5.79. The standard InChI is InChI=1S/C10H16O3/c1-13-8(11)10(12)6-4-9(2-3-9)5-7-10/h12H,2-7H2,1H3. The number of ether oxygens (including phenoxy) is 1. The molecule has 2 saturated carbocycles. The molecule has 2 fully saturated rings. The van der Waals surface area contributed by atoms with Crippen molar-refractivity contribution in [2.75, 3.05) is 7.11 Å². The fraction of sp³-hybridized carbons (Fsp3) is 0.900. The van der Waals surface area contributed by atoms with Crippen LogP contribution in [0.1, 0.15) is 38.5 Å². The molecule has 0 atom stereocenters. The number of carbonyl (C=O) groups excluding carboxylic acids is 1. The van der Waals surface area contributed by atoms with Gasteiger partial charge in [0.25, 0.3) is 0 Å². The van der Waals surface area contributed by atoms with E-state index in [1.807, 2.05) is 0 Å². The van der Waals surface area contributed by atoms with Gasteiger partial charge in [-0.2, -0.15) is 0 Å². The zero-order valence-corrected chi connectivity index (χ0v) is 8.01. The van der Waals surface area contributed by atoms with Crippen LogP contribution in [0.4, 0.5) is 0 Å². The Morgan fingerprint density at radius 1 is 1.15 bits per heavy atom. The topological polar surface area (TPSA) is 46.5 Å². The summed E-state index contributed by atoms with van der Waals surface area (Å²) in [6.45, 7) is 0. The van der Waals surface area contributed by atoms with E-state index in [0.29, 0.717) is 18.3 Å². The Bertz CT molecular complexity index is 220. The zero-order chi connectivity index (χ0) is 9.53. The number of carbonyl (C=O) groups is 1. The lowest BCUT2D eigenvalue weighted by Crippen LogP contribution is -2.43. The molecule has 0 amide bonds. The first-order valence-corrected chi connectivity index (χ1v) is 4.91. The number of esters is 1. The average molecular weight is 184 g/mol. The summed E-state index contributed by atoms with van der Waals surface area (Å²) < 4.78 is 4.59. The molecule has 3 nitrogen and oxygen atoms in total.